The number of nitrogens with one attached hydrogen (secondary N) is 1. The molecule has 2 rings (SSSR count). The average molecular weight is 273 g/mol. The van der Waals surface area contributed by atoms with Crippen LogP contribution in [0, 0.1) is 25.7 Å². The first-order valence-electron chi connectivity index (χ1n) is 8.35. The third kappa shape index (κ3) is 4.09. The summed E-state index contributed by atoms with van der Waals surface area (Å²) < 4.78 is 0. The zero-order valence-electron chi connectivity index (χ0n) is 13.7. The minimum atomic E-state index is 0.748. The van der Waals surface area contributed by atoms with Gasteiger partial charge in [-0.15, -0.1) is 0 Å². The zero-order valence-corrected chi connectivity index (χ0v) is 13.7. The molecule has 2 atom stereocenters. The van der Waals surface area contributed by atoms with Crippen molar-refractivity contribution in [2.45, 2.75) is 59.3 Å². The Morgan fingerprint density at radius 2 is 1.90 bits per heavy atom. The molecule has 0 bridgehead atoms. The van der Waals surface area contributed by atoms with Crippen LogP contribution in [0.1, 0.15) is 62.1 Å². The van der Waals surface area contributed by atoms with E-state index in [-0.39, 0.29) is 0 Å². The molecule has 2 unspecified atom stereocenters. The number of aryl methyl sites for hydroxylation is 2. The van der Waals surface area contributed by atoms with Crippen LogP contribution in [0.25, 0.3) is 0 Å². The summed E-state index contributed by atoms with van der Waals surface area (Å²) in [5, 5.41) is 3.69. The highest BCUT2D eigenvalue weighted by atomic mass is 14.9. The van der Waals surface area contributed by atoms with Crippen LogP contribution in [-0.2, 0) is 0 Å². The second-order valence-electron chi connectivity index (χ2n) is 7.06. The fourth-order valence-corrected chi connectivity index (χ4v) is 3.58. The smallest absolute Gasteiger partial charge is 0.00146 e. The van der Waals surface area contributed by atoms with Crippen LogP contribution in [-0.4, -0.2) is 13.1 Å². The Balaban J connectivity index is 2.07. The number of hydrogen-bond acceptors (Lipinski definition) is 1. The van der Waals surface area contributed by atoms with Crippen molar-refractivity contribution in [1.82, 2.24) is 5.32 Å². The molecule has 1 aliphatic rings. The van der Waals surface area contributed by atoms with Gasteiger partial charge in [-0.25, -0.2) is 0 Å². The minimum Gasteiger partial charge on any atom is -0.316 e. The van der Waals surface area contributed by atoms with Crippen LogP contribution in [0.15, 0.2) is 18.2 Å². The molecular weight excluding hydrogens is 242 g/mol. The van der Waals surface area contributed by atoms with Gasteiger partial charge in [0.25, 0.3) is 0 Å². The van der Waals surface area contributed by atoms with E-state index in [4.69, 9.17) is 0 Å². The molecule has 0 radical (unpaired) electrons. The Morgan fingerprint density at radius 1 is 1.15 bits per heavy atom. The second kappa shape index (κ2) is 7.26. The van der Waals surface area contributed by atoms with Crippen molar-refractivity contribution in [1.29, 1.82) is 0 Å². The van der Waals surface area contributed by atoms with E-state index in [9.17, 15) is 0 Å². The summed E-state index contributed by atoms with van der Waals surface area (Å²) >= 11 is 0. The molecule has 0 saturated heterocycles. The second-order valence-corrected chi connectivity index (χ2v) is 7.06. The maximum atomic E-state index is 3.69. The molecule has 0 aromatic heterocycles. The monoisotopic (exact) mass is 273 g/mol. The SMILES string of the molecule is Cc1ccc(C)c(C2CCCCC2CNCC(C)C)c1. The lowest BCUT2D eigenvalue weighted by Crippen LogP contribution is -2.31. The van der Waals surface area contributed by atoms with E-state index in [0.717, 1.165) is 24.3 Å². The van der Waals surface area contributed by atoms with Crippen molar-refractivity contribution >= 4 is 0 Å². The standard InChI is InChI=1S/C19H31N/c1-14(2)12-20-13-17-7-5-6-8-18(17)19-11-15(3)9-10-16(19)4/h9-11,14,17-18,20H,5-8,12-13H2,1-4H3. The van der Waals surface area contributed by atoms with Gasteiger partial charge in [-0.3, -0.25) is 0 Å². The topological polar surface area (TPSA) is 12.0 Å². The van der Waals surface area contributed by atoms with Crippen LogP contribution in [0.2, 0.25) is 0 Å². The normalized spacial score (nSPS) is 23.2. The first-order valence-corrected chi connectivity index (χ1v) is 8.35. The third-order valence-electron chi connectivity index (χ3n) is 4.70. The molecule has 1 heteroatoms. The molecule has 1 aliphatic carbocycles. The van der Waals surface area contributed by atoms with E-state index in [1.165, 1.54) is 43.4 Å². The summed E-state index contributed by atoms with van der Waals surface area (Å²) in [5.41, 5.74) is 4.50. The first-order chi connectivity index (χ1) is 9.58. The van der Waals surface area contributed by atoms with Gasteiger partial charge in [0.2, 0.25) is 0 Å². The van der Waals surface area contributed by atoms with Gasteiger partial charge in [0.1, 0.15) is 0 Å². The molecule has 1 fully saturated rings. The Hall–Kier alpha value is -0.820. The minimum absolute atomic E-state index is 0.748. The lowest BCUT2D eigenvalue weighted by molar-refractivity contribution is 0.291. The van der Waals surface area contributed by atoms with Crippen molar-refractivity contribution in [2.24, 2.45) is 11.8 Å². The van der Waals surface area contributed by atoms with E-state index < -0.39 is 0 Å². The highest BCUT2D eigenvalue weighted by molar-refractivity contribution is 5.34. The van der Waals surface area contributed by atoms with Crippen LogP contribution in [0.4, 0.5) is 0 Å². The molecule has 0 heterocycles. The summed E-state index contributed by atoms with van der Waals surface area (Å²) in [6.07, 6.45) is 5.58. The summed E-state index contributed by atoms with van der Waals surface area (Å²) in [6.45, 7) is 11.4. The quantitative estimate of drug-likeness (QED) is 0.811. The van der Waals surface area contributed by atoms with Gasteiger partial charge in [0.05, 0.1) is 0 Å². The van der Waals surface area contributed by atoms with Gasteiger partial charge in [0.15, 0.2) is 0 Å². The summed E-state index contributed by atoms with van der Waals surface area (Å²) in [5.74, 6) is 2.34. The zero-order chi connectivity index (χ0) is 14.5. The molecule has 1 N–H and O–H groups in total. The highest BCUT2D eigenvalue weighted by Crippen LogP contribution is 2.39. The highest BCUT2D eigenvalue weighted by Gasteiger charge is 2.27. The van der Waals surface area contributed by atoms with Gasteiger partial charge in [-0.05, 0) is 68.7 Å². The predicted octanol–water partition coefficient (Wildman–Crippen LogP) is 4.82. The van der Waals surface area contributed by atoms with Crippen molar-refractivity contribution in [3.8, 4) is 0 Å². The Labute approximate surface area is 125 Å². The Bertz CT molecular complexity index is 422. The molecule has 20 heavy (non-hydrogen) atoms. The lowest BCUT2D eigenvalue weighted by atomic mass is 9.74. The van der Waals surface area contributed by atoms with Crippen LogP contribution >= 0.6 is 0 Å². The molecule has 0 amide bonds. The number of rotatable bonds is 5. The molecule has 1 saturated carbocycles. The van der Waals surface area contributed by atoms with Crippen LogP contribution in [0.3, 0.4) is 0 Å². The number of benzene rings is 1. The molecule has 1 aromatic carbocycles. The summed E-state index contributed by atoms with van der Waals surface area (Å²) in [7, 11) is 0. The van der Waals surface area contributed by atoms with Crippen molar-refractivity contribution in [2.75, 3.05) is 13.1 Å². The molecule has 0 aliphatic heterocycles. The Kier molecular flexibility index (Phi) is 5.65. The molecule has 1 aromatic rings. The van der Waals surface area contributed by atoms with Crippen molar-refractivity contribution in [3.05, 3.63) is 34.9 Å². The van der Waals surface area contributed by atoms with Gasteiger partial charge in [-0.1, -0.05) is 50.5 Å². The van der Waals surface area contributed by atoms with E-state index in [1.54, 1.807) is 5.56 Å². The summed E-state index contributed by atoms with van der Waals surface area (Å²) in [4.78, 5) is 0. The summed E-state index contributed by atoms with van der Waals surface area (Å²) in [6, 6.07) is 6.98. The Morgan fingerprint density at radius 3 is 2.65 bits per heavy atom. The molecular formula is C19H31N. The largest absolute Gasteiger partial charge is 0.316 e. The molecule has 1 nitrogen and oxygen atoms in total. The average Bonchev–Trinajstić information content (AvgIpc) is 2.42. The van der Waals surface area contributed by atoms with E-state index in [2.05, 4.69) is 51.2 Å². The maximum Gasteiger partial charge on any atom is -0.00146 e. The van der Waals surface area contributed by atoms with Crippen molar-refractivity contribution < 1.29 is 0 Å². The van der Waals surface area contributed by atoms with Gasteiger partial charge >= 0.3 is 0 Å². The maximum absolute atomic E-state index is 3.69. The predicted molar refractivity (Wildman–Crippen MR) is 88.3 cm³/mol. The molecule has 0 spiro atoms. The van der Waals surface area contributed by atoms with Crippen LogP contribution in [0.5, 0.6) is 0 Å². The van der Waals surface area contributed by atoms with Gasteiger partial charge in [-0.2, -0.15) is 0 Å². The van der Waals surface area contributed by atoms with E-state index >= 15 is 0 Å². The van der Waals surface area contributed by atoms with E-state index in [0.29, 0.717) is 0 Å². The van der Waals surface area contributed by atoms with Gasteiger partial charge in [0, 0.05) is 0 Å². The number of hydrogen-bond donors (Lipinski definition) is 1. The van der Waals surface area contributed by atoms with Crippen LogP contribution < -0.4 is 5.32 Å². The fraction of sp³-hybridized carbons (Fsp3) is 0.684. The van der Waals surface area contributed by atoms with E-state index in [1.807, 2.05) is 0 Å². The van der Waals surface area contributed by atoms with Gasteiger partial charge < -0.3 is 5.32 Å². The van der Waals surface area contributed by atoms with Crippen molar-refractivity contribution in [3.63, 3.8) is 0 Å². The fourth-order valence-electron chi connectivity index (χ4n) is 3.58. The lowest BCUT2D eigenvalue weighted by Gasteiger charge is -2.33. The molecule has 112 valence electrons. The first kappa shape index (κ1) is 15.6. The third-order valence-corrected chi connectivity index (χ3v) is 4.70.